The first-order valence-electron chi connectivity index (χ1n) is 17.1. The fourth-order valence-corrected chi connectivity index (χ4v) is 5.33. The molecule has 300 valence electrons. The molecule has 0 bridgehead atoms. The highest BCUT2D eigenvalue weighted by Gasteiger charge is 2.22. The van der Waals surface area contributed by atoms with Crippen LogP contribution in [0.4, 0.5) is 0 Å². The van der Waals surface area contributed by atoms with Gasteiger partial charge in [0.25, 0.3) is 0 Å². The first-order chi connectivity index (χ1) is 28.5. The van der Waals surface area contributed by atoms with Gasteiger partial charge in [0.15, 0.2) is 17.3 Å². The van der Waals surface area contributed by atoms with Crippen LogP contribution in [0.5, 0.6) is 0 Å². The number of hydrogen-bond donors (Lipinski definition) is 6. The van der Waals surface area contributed by atoms with Gasteiger partial charge in [-0.05, 0) is 48.5 Å². The van der Waals surface area contributed by atoms with Gasteiger partial charge in [-0.3, -0.25) is 14.4 Å². The van der Waals surface area contributed by atoms with E-state index in [-0.39, 0.29) is 33.8 Å². The molecule has 6 N–H and O–H groups in total. The second-order valence-corrected chi connectivity index (χ2v) is 12.2. The zero-order chi connectivity index (χ0) is 44.1. The molecule has 60 heavy (non-hydrogen) atoms. The van der Waals surface area contributed by atoms with Crippen LogP contribution in [-0.4, -0.2) is 83.8 Å². The Labute approximate surface area is 338 Å². The number of carboxylic acid groups (broad SMARTS) is 6. The van der Waals surface area contributed by atoms with Crippen molar-refractivity contribution in [2.75, 3.05) is 0 Å². The first-order valence-corrected chi connectivity index (χ1v) is 17.1. The van der Waals surface area contributed by atoms with Gasteiger partial charge < -0.3 is 30.6 Å². The highest BCUT2D eigenvalue weighted by Crippen LogP contribution is 2.20. The largest absolute Gasteiger partial charge is 0.478 e. The molecule has 15 nitrogen and oxygen atoms in total. The second-order valence-electron chi connectivity index (χ2n) is 12.2. The average molecular weight is 811 g/mol. The van der Waals surface area contributed by atoms with Crippen LogP contribution in [0.1, 0.15) is 110 Å². The molecular weight excluding hydrogens is 780 g/mol. The first kappa shape index (κ1) is 43.9. The van der Waals surface area contributed by atoms with E-state index in [0.29, 0.717) is 22.3 Å². The standard InChI is InChI=1S/C17H10O9.2C14H10O3/c18-13(7-1-3-9(14(19)20)11(5-7)16(23)24)8-2-4-10(15(21)22)12(6-8)17(25)26;15-13(10-5-2-1-3-6-10)11-7-4-8-12(9-11)14(16)17;15-13(10-4-2-1-3-5-10)11-6-8-12(9-7-11)14(16)17/h1-6H,(H,19,20)(H,21,22)(H,23,24)(H,25,26);2*1-9H,(H,16,17). The Hall–Kier alpha value is -8.85. The van der Waals surface area contributed by atoms with Crippen LogP contribution < -0.4 is 0 Å². The molecule has 0 unspecified atom stereocenters. The molecule has 0 fully saturated rings. The van der Waals surface area contributed by atoms with E-state index in [2.05, 4.69) is 0 Å². The molecule has 0 saturated heterocycles. The van der Waals surface area contributed by atoms with E-state index in [4.69, 9.17) is 30.6 Å². The Kier molecular flexibility index (Phi) is 14.5. The van der Waals surface area contributed by atoms with Crippen molar-refractivity contribution in [3.63, 3.8) is 0 Å². The van der Waals surface area contributed by atoms with Gasteiger partial charge in [-0.1, -0.05) is 97.1 Å². The van der Waals surface area contributed by atoms with E-state index >= 15 is 0 Å². The van der Waals surface area contributed by atoms with Crippen molar-refractivity contribution < 1.29 is 73.8 Å². The summed E-state index contributed by atoms with van der Waals surface area (Å²) in [6.45, 7) is 0. The summed E-state index contributed by atoms with van der Waals surface area (Å²) in [5.74, 6) is -9.17. The van der Waals surface area contributed by atoms with E-state index in [0.717, 1.165) is 36.4 Å². The van der Waals surface area contributed by atoms with Gasteiger partial charge in [0.2, 0.25) is 0 Å². The van der Waals surface area contributed by atoms with Crippen LogP contribution in [0.3, 0.4) is 0 Å². The number of carboxylic acids is 6. The predicted octanol–water partition coefficient (Wildman–Crippen LogP) is 6.94. The molecule has 0 aliphatic heterocycles. The summed E-state index contributed by atoms with van der Waals surface area (Å²) in [4.78, 5) is 102. The molecule has 0 aliphatic rings. The van der Waals surface area contributed by atoms with E-state index < -0.39 is 63.9 Å². The summed E-state index contributed by atoms with van der Waals surface area (Å²) in [5.41, 5.74) is -0.307. The van der Waals surface area contributed by atoms with Crippen molar-refractivity contribution in [2.24, 2.45) is 0 Å². The fraction of sp³-hybridized carbons (Fsp3) is 0. The number of aromatic carboxylic acids is 6. The molecule has 6 rings (SSSR count). The second kappa shape index (κ2) is 19.8. The van der Waals surface area contributed by atoms with Crippen LogP contribution in [0.15, 0.2) is 146 Å². The number of carbonyl (C=O) groups is 9. The van der Waals surface area contributed by atoms with Crippen LogP contribution >= 0.6 is 0 Å². The lowest BCUT2D eigenvalue weighted by molar-refractivity contribution is 0.0651. The zero-order valence-corrected chi connectivity index (χ0v) is 30.7. The summed E-state index contributed by atoms with van der Waals surface area (Å²) in [6.07, 6.45) is 0. The third-order valence-electron chi connectivity index (χ3n) is 8.32. The lowest BCUT2D eigenvalue weighted by Crippen LogP contribution is -2.13. The van der Waals surface area contributed by atoms with Crippen molar-refractivity contribution in [3.05, 3.63) is 212 Å². The summed E-state index contributed by atoms with van der Waals surface area (Å²) in [5, 5.41) is 53.7. The van der Waals surface area contributed by atoms with Gasteiger partial charge in [0, 0.05) is 33.4 Å². The third-order valence-corrected chi connectivity index (χ3v) is 8.32. The van der Waals surface area contributed by atoms with Crippen LogP contribution in [0.2, 0.25) is 0 Å². The van der Waals surface area contributed by atoms with E-state index in [1.54, 1.807) is 60.7 Å². The van der Waals surface area contributed by atoms with Crippen LogP contribution in [0.25, 0.3) is 0 Å². The Balaban J connectivity index is 0.000000206. The number of carbonyl (C=O) groups excluding carboxylic acids is 3. The van der Waals surface area contributed by atoms with E-state index in [1.165, 1.54) is 36.4 Å². The molecule has 6 aromatic rings. The quantitative estimate of drug-likeness (QED) is 0.0683. The molecule has 0 radical (unpaired) electrons. The Morgan fingerprint density at radius 2 is 0.517 bits per heavy atom. The maximum absolute atomic E-state index is 12.5. The van der Waals surface area contributed by atoms with Gasteiger partial charge in [0.1, 0.15) is 0 Å². The smallest absolute Gasteiger partial charge is 0.336 e. The third kappa shape index (κ3) is 11.1. The predicted molar refractivity (Wildman–Crippen MR) is 211 cm³/mol. The van der Waals surface area contributed by atoms with Crippen LogP contribution in [0, 0.1) is 0 Å². The molecule has 0 spiro atoms. The Bertz CT molecular complexity index is 2570. The van der Waals surface area contributed by atoms with Crippen molar-refractivity contribution in [1.29, 1.82) is 0 Å². The van der Waals surface area contributed by atoms with Crippen molar-refractivity contribution in [3.8, 4) is 0 Å². The SMILES string of the molecule is O=C(O)c1ccc(C(=O)c2ccccc2)cc1.O=C(O)c1cccc(C(=O)c2ccccc2)c1.O=C(c1ccc(C(=O)O)c(C(=O)O)c1)c1ccc(C(=O)O)c(C(=O)O)c1. The molecule has 0 heterocycles. The molecular formula is C45H30O15. The molecule has 6 aromatic carbocycles. The maximum atomic E-state index is 12.5. The fourth-order valence-electron chi connectivity index (χ4n) is 5.33. The molecule has 0 amide bonds. The Morgan fingerprint density at radius 3 is 0.900 bits per heavy atom. The average Bonchev–Trinajstić information content (AvgIpc) is 3.26. The normalized spacial score (nSPS) is 10.0. The molecule has 15 heteroatoms. The lowest BCUT2D eigenvalue weighted by atomic mass is 9.95. The zero-order valence-electron chi connectivity index (χ0n) is 30.7. The minimum atomic E-state index is -1.55. The van der Waals surface area contributed by atoms with Gasteiger partial charge in [0.05, 0.1) is 33.4 Å². The minimum Gasteiger partial charge on any atom is -0.478 e. The lowest BCUT2D eigenvalue weighted by Gasteiger charge is -2.08. The molecule has 0 saturated carbocycles. The molecule has 0 aromatic heterocycles. The summed E-state index contributed by atoms with van der Waals surface area (Å²) < 4.78 is 0. The van der Waals surface area contributed by atoms with Gasteiger partial charge >= 0.3 is 35.8 Å². The van der Waals surface area contributed by atoms with Gasteiger partial charge in [-0.2, -0.15) is 0 Å². The van der Waals surface area contributed by atoms with Crippen LogP contribution in [-0.2, 0) is 0 Å². The highest BCUT2D eigenvalue weighted by atomic mass is 16.4. The van der Waals surface area contributed by atoms with Crippen molar-refractivity contribution >= 4 is 53.2 Å². The monoisotopic (exact) mass is 810 g/mol. The van der Waals surface area contributed by atoms with Crippen molar-refractivity contribution in [1.82, 2.24) is 0 Å². The number of rotatable bonds is 12. The number of ketones is 3. The molecule has 0 aliphatic carbocycles. The number of hydrogen-bond acceptors (Lipinski definition) is 9. The molecule has 0 atom stereocenters. The Morgan fingerprint density at radius 1 is 0.233 bits per heavy atom. The van der Waals surface area contributed by atoms with Crippen molar-refractivity contribution in [2.45, 2.75) is 0 Å². The minimum absolute atomic E-state index is 0.109. The summed E-state index contributed by atoms with van der Waals surface area (Å²) in [6, 6.07) is 35.4. The summed E-state index contributed by atoms with van der Waals surface area (Å²) >= 11 is 0. The topological polar surface area (TPSA) is 275 Å². The van der Waals surface area contributed by atoms with E-state index in [9.17, 15) is 43.2 Å². The number of benzene rings is 6. The van der Waals surface area contributed by atoms with E-state index in [1.807, 2.05) is 12.1 Å². The van der Waals surface area contributed by atoms with Gasteiger partial charge in [-0.25, -0.2) is 28.8 Å². The maximum Gasteiger partial charge on any atom is 0.336 e. The summed E-state index contributed by atoms with van der Waals surface area (Å²) in [7, 11) is 0. The highest BCUT2D eigenvalue weighted by molar-refractivity contribution is 6.13. The van der Waals surface area contributed by atoms with Gasteiger partial charge in [-0.15, -0.1) is 0 Å².